The number of benzene rings is 1. The molecule has 4 nitrogen and oxygen atoms in total. The van der Waals surface area contributed by atoms with Gasteiger partial charge in [0.05, 0.1) is 5.52 Å². The molecule has 0 aliphatic heterocycles. The van der Waals surface area contributed by atoms with Crippen molar-refractivity contribution in [1.82, 2.24) is 15.0 Å². The molecule has 5 heteroatoms. The second-order valence-corrected chi connectivity index (χ2v) is 5.60. The molecule has 0 saturated carbocycles. The molecule has 0 aliphatic rings. The molecule has 0 saturated heterocycles. The Hall–Kier alpha value is -1.23. The van der Waals surface area contributed by atoms with E-state index in [1.807, 2.05) is 38.1 Å². The average molecular weight is 223 g/mol. The number of hydrogen-bond donors (Lipinski definition) is 0. The van der Waals surface area contributed by atoms with Crippen LogP contribution in [-0.4, -0.2) is 24.5 Å². The molecule has 1 atom stereocenters. The van der Waals surface area contributed by atoms with Crippen molar-refractivity contribution < 1.29 is 4.21 Å². The Morgan fingerprint density at radius 1 is 1.40 bits per heavy atom. The van der Waals surface area contributed by atoms with E-state index in [1.165, 1.54) is 0 Å². The van der Waals surface area contributed by atoms with Crippen LogP contribution in [0.5, 0.6) is 0 Å². The van der Waals surface area contributed by atoms with Crippen molar-refractivity contribution >= 4 is 21.8 Å². The summed E-state index contributed by atoms with van der Waals surface area (Å²) in [5.41, 5.74) is 1.78. The van der Waals surface area contributed by atoms with Gasteiger partial charge in [-0.15, -0.1) is 5.10 Å². The molecule has 0 N–H and O–H groups in total. The third kappa shape index (κ3) is 2.07. The average Bonchev–Trinajstić information content (AvgIpc) is 2.62. The van der Waals surface area contributed by atoms with E-state index in [0.717, 1.165) is 11.0 Å². The van der Waals surface area contributed by atoms with Gasteiger partial charge >= 0.3 is 0 Å². The van der Waals surface area contributed by atoms with Crippen molar-refractivity contribution in [1.29, 1.82) is 0 Å². The van der Waals surface area contributed by atoms with Gasteiger partial charge in [-0.3, -0.25) is 4.21 Å². The molecule has 1 heterocycles. The second-order valence-electron chi connectivity index (χ2n) is 3.64. The minimum Gasteiger partial charge on any atom is -0.257 e. The molecule has 0 unspecified atom stereocenters. The van der Waals surface area contributed by atoms with Crippen molar-refractivity contribution in [2.75, 3.05) is 0 Å². The molecule has 0 bridgehead atoms. The highest BCUT2D eigenvalue weighted by Crippen LogP contribution is 2.10. The lowest BCUT2D eigenvalue weighted by Crippen LogP contribution is -2.13. The molecule has 0 aliphatic carbocycles. The molecule has 80 valence electrons. The van der Waals surface area contributed by atoms with E-state index < -0.39 is 10.8 Å². The van der Waals surface area contributed by atoms with Gasteiger partial charge in [0, 0.05) is 16.0 Å². The van der Waals surface area contributed by atoms with Crippen LogP contribution < -0.4 is 0 Å². The van der Waals surface area contributed by atoms with Crippen molar-refractivity contribution in [2.45, 2.75) is 25.0 Å². The zero-order valence-electron chi connectivity index (χ0n) is 8.75. The number of aromatic nitrogens is 3. The van der Waals surface area contributed by atoms with Crippen molar-refractivity contribution in [3.05, 3.63) is 24.3 Å². The van der Waals surface area contributed by atoms with Gasteiger partial charge in [-0.1, -0.05) is 31.2 Å². The summed E-state index contributed by atoms with van der Waals surface area (Å²) in [7, 11) is -0.897. The van der Waals surface area contributed by atoms with E-state index in [-0.39, 0.29) is 5.25 Å². The van der Waals surface area contributed by atoms with E-state index in [4.69, 9.17) is 0 Å². The van der Waals surface area contributed by atoms with E-state index >= 15 is 0 Å². The SMILES string of the molecule is CC(C)[S@@](=O)Cn1nnc2ccccc21. The van der Waals surface area contributed by atoms with Crippen LogP contribution in [0.15, 0.2) is 24.3 Å². The summed E-state index contributed by atoms with van der Waals surface area (Å²) in [6.45, 7) is 3.88. The smallest absolute Gasteiger partial charge is 0.119 e. The van der Waals surface area contributed by atoms with Gasteiger partial charge < -0.3 is 0 Å². The highest BCUT2D eigenvalue weighted by atomic mass is 32.2. The number of nitrogens with zero attached hydrogens (tertiary/aromatic N) is 3. The summed E-state index contributed by atoms with van der Waals surface area (Å²) >= 11 is 0. The molecule has 1 aromatic heterocycles. The molecule has 1 aromatic carbocycles. The highest BCUT2D eigenvalue weighted by Gasteiger charge is 2.09. The van der Waals surface area contributed by atoms with E-state index in [0.29, 0.717) is 5.88 Å². The molecule has 2 aromatic rings. The zero-order chi connectivity index (χ0) is 10.8. The molecular weight excluding hydrogens is 210 g/mol. The summed E-state index contributed by atoms with van der Waals surface area (Å²) in [6, 6.07) is 7.69. The van der Waals surface area contributed by atoms with Crippen molar-refractivity contribution in [3.63, 3.8) is 0 Å². The summed E-state index contributed by atoms with van der Waals surface area (Å²) in [6.07, 6.45) is 0. The minimum atomic E-state index is -0.897. The van der Waals surface area contributed by atoms with Gasteiger partial charge in [-0.05, 0) is 12.1 Å². The second kappa shape index (κ2) is 4.10. The summed E-state index contributed by atoms with van der Waals surface area (Å²) in [4.78, 5) is 0. The predicted molar refractivity (Wildman–Crippen MR) is 60.8 cm³/mol. The molecule has 2 rings (SSSR count). The number of fused-ring (bicyclic) bond motifs is 1. The predicted octanol–water partition coefficient (Wildman–Crippen LogP) is 1.55. The fourth-order valence-electron chi connectivity index (χ4n) is 1.28. The fourth-order valence-corrected chi connectivity index (χ4v) is 2.01. The van der Waals surface area contributed by atoms with Crippen LogP contribution in [-0.2, 0) is 16.7 Å². The topological polar surface area (TPSA) is 47.8 Å². The van der Waals surface area contributed by atoms with Crippen molar-refractivity contribution in [3.8, 4) is 0 Å². The van der Waals surface area contributed by atoms with Crippen LogP contribution >= 0.6 is 0 Å². The first-order valence-corrected chi connectivity index (χ1v) is 6.22. The van der Waals surface area contributed by atoms with Gasteiger partial charge in [0.1, 0.15) is 11.4 Å². The number of rotatable bonds is 3. The molecule has 15 heavy (non-hydrogen) atoms. The maximum Gasteiger partial charge on any atom is 0.119 e. The van der Waals surface area contributed by atoms with E-state index in [9.17, 15) is 4.21 Å². The summed E-state index contributed by atoms with van der Waals surface area (Å²) in [5.74, 6) is 0.415. The first-order valence-electron chi connectivity index (χ1n) is 4.84. The zero-order valence-corrected chi connectivity index (χ0v) is 9.57. The minimum absolute atomic E-state index is 0.146. The lowest BCUT2D eigenvalue weighted by atomic mass is 10.3. The number of para-hydroxylation sites is 1. The molecular formula is C10H13N3OS. The summed E-state index contributed by atoms with van der Waals surface area (Å²) < 4.78 is 13.4. The largest absolute Gasteiger partial charge is 0.257 e. The van der Waals surface area contributed by atoms with Gasteiger partial charge in [-0.25, -0.2) is 4.68 Å². The van der Waals surface area contributed by atoms with Crippen molar-refractivity contribution in [2.24, 2.45) is 0 Å². The first-order chi connectivity index (χ1) is 7.18. The van der Waals surface area contributed by atoms with Gasteiger partial charge in [0.25, 0.3) is 0 Å². The highest BCUT2D eigenvalue weighted by molar-refractivity contribution is 7.84. The quantitative estimate of drug-likeness (QED) is 0.793. The van der Waals surface area contributed by atoms with Crippen LogP contribution in [0.2, 0.25) is 0 Å². The normalized spacial score (nSPS) is 13.5. The standard InChI is InChI=1S/C10H13N3OS/c1-8(2)15(14)7-13-10-6-4-3-5-9(10)11-12-13/h3-6,8H,7H2,1-2H3/t15-/m0/s1. The lowest BCUT2D eigenvalue weighted by molar-refractivity contribution is 0.648. The maximum atomic E-state index is 11.7. The maximum absolute atomic E-state index is 11.7. The van der Waals surface area contributed by atoms with Crippen LogP contribution in [0, 0.1) is 0 Å². The Morgan fingerprint density at radius 2 is 2.13 bits per heavy atom. The Balaban J connectivity index is 2.33. The Bertz CT molecular complexity index is 492. The van der Waals surface area contributed by atoms with Gasteiger partial charge in [0.2, 0.25) is 0 Å². The fraction of sp³-hybridized carbons (Fsp3) is 0.400. The van der Waals surface area contributed by atoms with Gasteiger partial charge in [0.15, 0.2) is 0 Å². The van der Waals surface area contributed by atoms with Crippen LogP contribution in [0.25, 0.3) is 11.0 Å². The lowest BCUT2D eigenvalue weighted by Gasteiger charge is -2.05. The Kier molecular flexibility index (Phi) is 2.81. The molecule has 0 radical (unpaired) electrons. The third-order valence-corrected chi connectivity index (χ3v) is 3.75. The molecule has 0 amide bonds. The monoisotopic (exact) mass is 223 g/mol. The van der Waals surface area contributed by atoms with Crippen LogP contribution in [0.4, 0.5) is 0 Å². The molecule has 0 spiro atoms. The number of hydrogen-bond acceptors (Lipinski definition) is 3. The van der Waals surface area contributed by atoms with Gasteiger partial charge in [-0.2, -0.15) is 0 Å². The third-order valence-electron chi connectivity index (χ3n) is 2.20. The first kappa shape index (κ1) is 10.3. The Morgan fingerprint density at radius 3 is 2.87 bits per heavy atom. The van der Waals surface area contributed by atoms with Crippen LogP contribution in [0.3, 0.4) is 0 Å². The molecule has 0 fully saturated rings. The Labute approximate surface area is 90.7 Å². The van der Waals surface area contributed by atoms with E-state index in [2.05, 4.69) is 10.3 Å². The summed E-state index contributed by atoms with van der Waals surface area (Å²) in [5, 5.41) is 8.15. The van der Waals surface area contributed by atoms with E-state index in [1.54, 1.807) is 4.68 Å². The van der Waals surface area contributed by atoms with Crippen LogP contribution in [0.1, 0.15) is 13.8 Å².